The summed E-state index contributed by atoms with van der Waals surface area (Å²) >= 11 is 0. The van der Waals surface area contributed by atoms with Gasteiger partial charge in [0.1, 0.15) is 5.82 Å². The number of piperidine rings is 1. The van der Waals surface area contributed by atoms with E-state index in [-0.39, 0.29) is 0 Å². The largest absolute Gasteiger partial charge is 0.370 e. The number of anilines is 2. The number of nitrogens with one attached hydrogen (secondary N) is 3. The van der Waals surface area contributed by atoms with Crippen molar-refractivity contribution in [2.45, 2.75) is 25.7 Å². The fourth-order valence-electron chi connectivity index (χ4n) is 3.54. The zero-order valence-electron chi connectivity index (χ0n) is 17.2. The Labute approximate surface area is 169 Å². The minimum atomic E-state index is 0.699. The van der Waals surface area contributed by atoms with Gasteiger partial charge in [0.05, 0.1) is 5.69 Å². The number of nitrogens with zero attached hydrogens (tertiary/aromatic N) is 3. The quantitative estimate of drug-likeness (QED) is 0.548. The van der Waals surface area contributed by atoms with E-state index in [0.29, 0.717) is 5.95 Å². The van der Waals surface area contributed by atoms with Gasteiger partial charge < -0.3 is 20.9 Å². The first-order valence-corrected chi connectivity index (χ1v) is 10.5. The molecule has 6 nitrogen and oxygen atoms in total. The second-order valence-corrected chi connectivity index (χ2v) is 7.82. The highest BCUT2D eigenvalue weighted by Crippen LogP contribution is 2.22. The van der Waals surface area contributed by atoms with Crippen LogP contribution in [0, 0.1) is 5.92 Å². The zero-order chi connectivity index (χ0) is 19.6. The summed E-state index contributed by atoms with van der Waals surface area (Å²) in [4.78, 5) is 11.6. The fraction of sp³-hybridized carbons (Fsp3) is 0.545. The van der Waals surface area contributed by atoms with Gasteiger partial charge in [0.15, 0.2) is 0 Å². The van der Waals surface area contributed by atoms with Gasteiger partial charge in [0.2, 0.25) is 5.95 Å². The second kappa shape index (κ2) is 11.0. The number of aromatic nitrogens is 2. The third-order valence-electron chi connectivity index (χ3n) is 5.18. The molecule has 0 bridgehead atoms. The van der Waals surface area contributed by atoms with Crippen molar-refractivity contribution >= 4 is 11.8 Å². The maximum atomic E-state index is 4.73. The van der Waals surface area contributed by atoms with Crippen LogP contribution in [0.3, 0.4) is 0 Å². The number of benzene rings is 1. The molecule has 1 aromatic carbocycles. The molecule has 1 fully saturated rings. The van der Waals surface area contributed by atoms with E-state index in [1.54, 1.807) is 0 Å². The molecule has 0 unspecified atom stereocenters. The highest BCUT2D eigenvalue weighted by molar-refractivity contribution is 5.64. The molecule has 2 heterocycles. The Morgan fingerprint density at radius 3 is 2.57 bits per heavy atom. The number of hydrogen-bond donors (Lipinski definition) is 3. The van der Waals surface area contributed by atoms with Gasteiger partial charge in [0.25, 0.3) is 0 Å². The molecule has 0 amide bonds. The van der Waals surface area contributed by atoms with Crippen molar-refractivity contribution in [1.29, 1.82) is 0 Å². The molecular formula is C22H34N6. The molecule has 2 aromatic rings. The summed E-state index contributed by atoms with van der Waals surface area (Å²) in [5.41, 5.74) is 2.07. The molecule has 1 aromatic heterocycles. The van der Waals surface area contributed by atoms with E-state index < -0.39 is 0 Å². The van der Waals surface area contributed by atoms with Crippen LogP contribution in [0.2, 0.25) is 0 Å². The molecule has 0 saturated carbocycles. The van der Waals surface area contributed by atoms with Gasteiger partial charge in [-0.05, 0) is 65.3 Å². The molecule has 152 valence electrons. The SMILES string of the molecule is CN(C)CCCNc1nc(NCCC2CCNCC2)cc(-c2ccccc2)n1. The first-order chi connectivity index (χ1) is 13.7. The fourth-order valence-corrected chi connectivity index (χ4v) is 3.54. The van der Waals surface area contributed by atoms with Gasteiger partial charge >= 0.3 is 0 Å². The van der Waals surface area contributed by atoms with Gasteiger partial charge in [-0.2, -0.15) is 4.98 Å². The normalized spacial score (nSPS) is 15.0. The zero-order valence-corrected chi connectivity index (χ0v) is 17.2. The lowest BCUT2D eigenvalue weighted by atomic mass is 9.95. The maximum absolute atomic E-state index is 4.73. The molecular weight excluding hydrogens is 348 g/mol. The summed E-state index contributed by atoms with van der Waals surface area (Å²) in [5.74, 6) is 2.41. The average molecular weight is 383 g/mol. The van der Waals surface area contributed by atoms with Crippen LogP contribution in [0.1, 0.15) is 25.7 Å². The Morgan fingerprint density at radius 2 is 1.82 bits per heavy atom. The molecule has 1 aliphatic rings. The molecule has 0 aliphatic carbocycles. The number of hydrogen-bond acceptors (Lipinski definition) is 6. The van der Waals surface area contributed by atoms with Crippen LogP contribution >= 0.6 is 0 Å². The van der Waals surface area contributed by atoms with Crippen LogP contribution in [0.5, 0.6) is 0 Å². The summed E-state index contributed by atoms with van der Waals surface area (Å²) in [6.45, 7) is 5.17. The van der Waals surface area contributed by atoms with E-state index in [1.807, 2.05) is 18.2 Å². The van der Waals surface area contributed by atoms with Crippen LogP contribution in [0.15, 0.2) is 36.4 Å². The summed E-state index contributed by atoms with van der Waals surface area (Å²) in [7, 11) is 4.19. The van der Waals surface area contributed by atoms with Crippen LogP contribution in [0.4, 0.5) is 11.8 Å². The van der Waals surface area contributed by atoms with Gasteiger partial charge in [-0.1, -0.05) is 30.3 Å². The molecule has 6 heteroatoms. The van der Waals surface area contributed by atoms with E-state index in [1.165, 1.54) is 19.3 Å². The van der Waals surface area contributed by atoms with Crippen LogP contribution in [0.25, 0.3) is 11.3 Å². The minimum absolute atomic E-state index is 0.699. The van der Waals surface area contributed by atoms with Gasteiger partial charge in [0, 0.05) is 24.7 Å². The van der Waals surface area contributed by atoms with Crippen LogP contribution in [-0.4, -0.2) is 61.7 Å². The van der Waals surface area contributed by atoms with E-state index in [9.17, 15) is 0 Å². The summed E-state index contributed by atoms with van der Waals surface area (Å²) in [6.07, 6.45) is 4.81. The van der Waals surface area contributed by atoms with Crippen molar-refractivity contribution in [3.8, 4) is 11.3 Å². The van der Waals surface area contributed by atoms with E-state index in [4.69, 9.17) is 9.97 Å². The molecule has 28 heavy (non-hydrogen) atoms. The molecule has 0 atom stereocenters. The van der Waals surface area contributed by atoms with Crippen molar-refractivity contribution in [1.82, 2.24) is 20.2 Å². The Hall–Kier alpha value is -2.18. The summed E-state index contributed by atoms with van der Waals surface area (Å²) in [5, 5.41) is 10.4. The molecule has 3 rings (SSSR count). The van der Waals surface area contributed by atoms with E-state index in [0.717, 1.165) is 62.1 Å². The third-order valence-corrected chi connectivity index (χ3v) is 5.18. The van der Waals surface area contributed by atoms with Gasteiger partial charge in [-0.15, -0.1) is 0 Å². The first kappa shape index (κ1) is 20.6. The van der Waals surface area contributed by atoms with Crippen LogP contribution in [-0.2, 0) is 0 Å². The Bertz CT molecular complexity index is 697. The smallest absolute Gasteiger partial charge is 0.225 e. The van der Waals surface area contributed by atoms with Gasteiger partial charge in [-0.25, -0.2) is 4.98 Å². The highest BCUT2D eigenvalue weighted by Gasteiger charge is 2.13. The molecule has 3 N–H and O–H groups in total. The molecule has 1 saturated heterocycles. The Balaban J connectivity index is 1.64. The van der Waals surface area contributed by atoms with E-state index in [2.05, 4.69) is 53.1 Å². The van der Waals surface area contributed by atoms with Crippen molar-refractivity contribution in [2.24, 2.45) is 5.92 Å². The molecule has 0 radical (unpaired) electrons. The molecule has 0 spiro atoms. The van der Waals surface area contributed by atoms with Crippen molar-refractivity contribution < 1.29 is 0 Å². The lowest BCUT2D eigenvalue weighted by Crippen LogP contribution is -2.28. The topological polar surface area (TPSA) is 65.1 Å². The highest BCUT2D eigenvalue weighted by atomic mass is 15.1. The predicted molar refractivity (Wildman–Crippen MR) is 118 cm³/mol. The summed E-state index contributed by atoms with van der Waals surface area (Å²) < 4.78 is 0. The summed E-state index contributed by atoms with van der Waals surface area (Å²) in [6, 6.07) is 12.4. The Kier molecular flexibility index (Phi) is 8.06. The number of rotatable bonds is 10. The standard InChI is InChI=1S/C22H34N6/c1-28(2)16-6-12-25-22-26-20(19-7-4-3-5-8-19)17-21(27-22)24-15-11-18-9-13-23-14-10-18/h3-5,7-8,17-18,23H,6,9-16H2,1-2H3,(H2,24,25,26,27). The van der Waals surface area contributed by atoms with Gasteiger partial charge in [-0.3, -0.25) is 0 Å². The lowest BCUT2D eigenvalue weighted by Gasteiger charge is -2.22. The van der Waals surface area contributed by atoms with E-state index >= 15 is 0 Å². The predicted octanol–water partition coefficient (Wildman–Crippen LogP) is 3.31. The average Bonchev–Trinajstić information content (AvgIpc) is 2.72. The van der Waals surface area contributed by atoms with Crippen molar-refractivity contribution in [2.75, 3.05) is 57.5 Å². The van der Waals surface area contributed by atoms with Crippen molar-refractivity contribution in [3.05, 3.63) is 36.4 Å². The third kappa shape index (κ3) is 6.77. The maximum Gasteiger partial charge on any atom is 0.225 e. The monoisotopic (exact) mass is 382 g/mol. The van der Waals surface area contributed by atoms with Crippen LogP contribution < -0.4 is 16.0 Å². The molecule has 1 aliphatic heterocycles. The van der Waals surface area contributed by atoms with Crippen molar-refractivity contribution in [3.63, 3.8) is 0 Å². The second-order valence-electron chi connectivity index (χ2n) is 7.82. The lowest BCUT2D eigenvalue weighted by molar-refractivity contribution is 0.361. The Morgan fingerprint density at radius 1 is 1.04 bits per heavy atom. The minimum Gasteiger partial charge on any atom is -0.370 e. The first-order valence-electron chi connectivity index (χ1n) is 10.5.